The molecule has 3 heterocycles. The number of carbonyl (C=O) groups is 3. The van der Waals surface area contributed by atoms with E-state index in [1.807, 2.05) is 42.5 Å². The Hall–Kier alpha value is -3.23. The van der Waals surface area contributed by atoms with Gasteiger partial charge in [0.15, 0.2) is 0 Å². The van der Waals surface area contributed by atoms with Crippen molar-refractivity contribution in [3.63, 3.8) is 0 Å². The van der Waals surface area contributed by atoms with Crippen LogP contribution >= 0.6 is 0 Å². The van der Waals surface area contributed by atoms with Crippen molar-refractivity contribution in [1.29, 1.82) is 0 Å². The second-order valence-electron chi connectivity index (χ2n) is 9.44. The predicted octanol–water partition coefficient (Wildman–Crippen LogP) is 2.20. The van der Waals surface area contributed by atoms with E-state index in [-0.39, 0.29) is 19.1 Å². The number of nitrogens with zero attached hydrogens (tertiary/aromatic N) is 2. The maximum atomic E-state index is 14.2. The van der Waals surface area contributed by atoms with Crippen molar-refractivity contribution in [3.8, 4) is 0 Å². The third-order valence-corrected chi connectivity index (χ3v) is 7.62. The first-order valence-corrected chi connectivity index (χ1v) is 11.6. The fourth-order valence-corrected chi connectivity index (χ4v) is 6.16. The number of hydrogen-bond donors (Lipinski definition) is 2. The maximum Gasteiger partial charge on any atom is 0.310 e. The van der Waals surface area contributed by atoms with E-state index in [2.05, 4.69) is 6.58 Å². The first kappa shape index (κ1) is 22.6. The summed E-state index contributed by atoms with van der Waals surface area (Å²) >= 11 is 0. The lowest BCUT2D eigenvalue weighted by Crippen LogP contribution is -2.58. The number of carbonyl (C=O) groups excluding carboxylic acids is 2. The van der Waals surface area contributed by atoms with Crippen LogP contribution in [0.1, 0.15) is 19.8 Å². The molecule has 2 amide bonds. The Labute approximate surface area is 197 Å². The average molecular weight is 465 g/mol. The van der Waals surface area contributed by atoms with E-state index in [9.17, 15) is 24.6 Å². The smallest absolute Gasteiger partial charge is 0.310 e. The van der Waals surface area contributed by atoms with Crippen LogP contribution in [0.3, 0.4) is 0 Å². The Morgan fingerprint density at radius 2 is 2.03 bits per heavy atom. The van der Waals surface area contributed by atoms with Gasteiger partial charge in [-0.2, -0.15) is 0 Å². The normalized spacial score (nSPS) is 30.4. The minimum absolute atomic E-state index is 0.204. The van der Waals surface area contributed by atoms with E-state index in [1.165, 1.54) is 4.90 Å². The number of fused-ring (bicyclic) bond motifs is 2. The Kier molecular flexibility index (Phi) is 5.45. The standard InChI is InChI=1S/C26H28N2O6/c1-3-12-27(18-9-8-16-6-4-5-7-17(16)13-18)24(31)22-26-11-10-19(34-26)20(25(32)33)21(26)23(30)28(22)15(2)14-29/h3-9,13,15,19-22,29H,1,10-12,14H2,2H3,(H,32,33)/t15-,19-,20+,21+,22?,26?/m1/s1. The number of anilines is 1. The van der Waals surface area contributed by atoms with Gasteiger partial charge in [0.25, 0.3) is 5.91 Å². The Bertz CT molecular complexity index is 1180. The largest absolute Gasteiger partial charge is 0.481 e. The summed E-state index contributed by atoms with van der Waals surface area (Å²) in [5, 5.41) is 21.8. The SMILES string of the molecule is C=CCN(C(=O)C1N([C@H](C)CO)C(=O)[C@@H]2[C@@H](C(=O)O)[C@H]3CCC12O3)c1ccc2ccccc2c1. The van der Waals surface area contributed by atoms with Crippen LogP contribution < -0.4 is 4.90 Å². The van der Waals surface area contributed by atoms with Crippen LogP contribution in [0.25, 0.3) is 10.8 Å². The maximum absolute atomic E-state index is 14.2. The Morgan fingerprint density at radius 3 is 2.71 bits per heavy atom. The monoisotopic (exact) mass is 464 g/mol. The average Bonchev–Trinajstić information content (AvgIpc) is 3.48. The molecule has 6 atom stereocenters. The molecule has 3 aliphatic rings. The zero-order valence-corrected chi connectivity index (χ0v) is 19.0. The van der Waals surface area contributed by atoms with Gasteiger partial charge < -0.3 is 24.7 Å². The van der Waals surface area contributed by atoms with Gasteiger partial charge in [0.1, 0.15) is 11.6 Å². The van der Waals surface area contributed by atoms with Gasteiger partial charge in [-0.05, 0) is 42.7 Å². The molecule has 1 spiro atoms. The van der Waals surface area contributed by atoms with Crippen LogP contribution in [0, 0.1) is 11.8 Å². The van der Waals surface area contributed by atoms with Crippen LogP contribution in [0.15, 0.2) is 55.1 Å². The second-order valence-corrected chi connectivity index (χ2v) is 9.44. The van der Waals surface area contributed by atoms with Crippen LogP contribution in [0.5, 0.6) is 0 Å². The van der Waals surface area contributed by atoms with Crippen molar-refractivity contribution in [3.05, 3.63) is 55.1 Å². The van der Waals surface area contributed by atoms with E-state index in [0.29, 0.717) is 18.5 Å². The zero-order chi connectivity index (χ0) is 24.2. The molecule has 0 radical (unpaired) electrons. The fraction of sp³-hybridized carbons (Fsp3) is 0.423. The highest BCUT2D eigenvalue weighted by Gasteiger charge is 2.75. The van der Waals surface area contributed by atoms with Crippen molar-refractivity contribution >= 4 is 34.2 Å². The molecular formula is C26H28N2O6. The molecule has 0 aliphatic carbocycles. The molecule has 8 nitrogen and oxygen atoms in total. The Morgan fingerprint density at radius 1 is 1.29 bits per heavy atom. The summed E-state index contributed by atoms with van der Waals surface area (Å²) in [5.41, 5.74) is -0.573. The molecule has 178 valence electrons. The van der Waals surface area contributed by atoms with E-state index < -0.39 is 47.5 Å². The molecule has 2 unspecified atom stereocenters. The van der Waals surface area contributed by atoms with E-state index in [1.54, 1.807) is 17.9 Å². The highest BCUT2D eigenvalue weighted by Crippen LogP contribution is 2.59. The number of aliphatic hydroxyl groups excluding tert-OH is 1. The highest BCUT2D eigenvalue weighted by atomic mass is 16.5. The van der Waals surface area contributed by atoms with Crippen LogP contribution in [0.4, 0.5) is 5.69 Å². The van der Waals surface area contributed by atoms with Crippen molar-refractivity contribution in [1.82, 2.24) is 4.90 Å². The number of hydrogen-bond acceptors (Lipinski definition) is 5. The zero-order valence-electron chi connectivity index (χ0n) is 19.0. The third kappa shape index (κ3) is 3.09. The van der Waals surface area contributed by atoms with Crippen LogP contribution in [-0.2, 0) is 19.1 Å². The lowest BCUT2D eigenvalue weighted by atomic mass is 9.70. The van der Waals surface area contributed by atoms with Crippen molar-refractivity contribution in [2.24, 2.45) is 11.8 Å². The van der Waals surface area contributed by atoms with Gasteiger partial charge >= 0.3 is 5.97 Å². The molecule has 2 aromatic rings. The summed E-state index contributed by atoms with van der Waals surface area (Å²) < 4.78 is 6.22. The quantitative estimate of drug-likeness (QED) is 0.609. The number of benzene rings is 2. The van der Waals surface area contributed by atoms with Crippen LogP contribution in [-0.4, -0.2) is 69.8 Å². The summed E-state index contributed by atoms with van der Waals surface area (Å²) in [5.74, 6) is -3.84. The summed E-state index contributed by atoms with van der Waals surface area (Å²) in [6.45, 7) is 5.32. The first-order valence-electron chi connectivity index (χ1n) is 11.6. The molecule has 3 saturated heterocycles. The molecule has 0 aromatic heterocycles. The van der Waals surface area contributed by atoms with Crippen molar-refractivity contribution in [2.45, 2.75) is 43.6 Å². The lowest BCUT2D eigenvalue weighted by molar-refractivity contribution is -0.150. The molecule has 2 bridgehead atoms. The van der Waals surface area contributed by atoms with Crippen molar-refractivity contribution in [2.75, 3.05) is 18.1 Å². The number of ether oxygens (including phenoxy) is 1. The number of likely N-dealkylation sites (tertiary alicyclic amines) is 1. The fourth-order valence-electron chi connectivity index (χ4n) is 6.16. The van der Waals surface area contributed by atoms with Gasteiger partial charge in [-0.25, -0.2) is 0 Å². The molecule has 5 rings (SSSR count). The van der Waals surface area contributed by atoms with Gasteiger partial charge in [-0.1, -0.05) is 36.4 Å². The third-order valence-electron chi connectivity index (χ3n) is 7.62. The number of rotatable bonds is 7. The molecule has 2 N–H and O–H groups in total. The Balaban J connectivity index is 1.61. The van der Waals surface area contributed by atoms with Gasteiger partial charge in [0.2, 0.25) is 5.91 Å². The van der Waals surface area contributed by atoms with E-state index in [4.69, 9.17) is 4.74 Å². The summed E-state index contributed by atoms with van der Waals surface area (Å²) in [4.78, 5) is 42.8. The lowest BCUT2D eigenvalue weighted by Gasteiger charge is -2.38. The minimum Gasteiger partial charge on any atom is -0.481 e. The molecular weight excluding hydrogens is 436 g/mol. The number of aliphatic carboxylic acids is 1. The molecule has 34 heavy (non-hydrogen) atoms. The molecule has 8 heteroatoms. The minimum atomic E-state index is -1.22. The summed E-state index contributed by atoms with van der Waals surface area (Å²) in [7, 11) is 0. The molecule has 3 aliphatic heterocycles. The van der Waals surface area contributed by atoms with Gasteiger partial charge in [0, 0.05) is 12.2 Å². The number of aliphatic hydroxyl groups is 1. The second kappa shape index (κ2) is 8.21. The number of carboxylic acid groups (broad SMARTS) is 1. The van der Waals surface area contributed by atoms with Gasteiger partial charge in [0.05, 0.1) is 30.6 Å². The van der Waals surface area contributed by atoms with E-state index >= 15 is 0 Å². The molecule has 0 saturated carbocycles. The summed E-state index contributed by atoms with van der Waals surface area (Å²) in [6, 6.07) is 11.8. The topological polar surface area (TPSA) is 107 Å². The number of amides is 2. The van der Waals surface area contributed by atoms with E-state index in [0.717, 1.165) is 10.8 Å². The molecule has 2 aromatic carbocycles. The highest BCUT2D eigenvalue weighted by molar-refractivity contribution is 6.05. The predicted molar refractivity (Wildman–Crippen MR) is 125 cm³/mol. The van der Waals surface area contributed by atoms with Crippen LogP contribution in [0.2, 0.25) is 0 Å². The molecule has 3 fully saturated rings. The first-order chi connectivity index (χ1) is 16.3. The van der Waals surface area contributed by atoms with Crippen molar-refractivity contribution < 1.29 is 29.3 Å². The van der Waals surface area contributed by atoms with Gasteiger partial charge in [-0.3, -0.25) is 14.4 Å². The van der Waals surface area contributed by atoms with Gasteiger partial charge in [-0.15, -0.1) is 6.58 Å². The summed E-state index contributed by atoms with van der Waals surface area (Å²) in [6.07, 6.45) is 1.92. The number of carboxylic acids is 1.